The van der Waals surface area contributed by atoms with Gasteiger partial charge in [0.15, 0.2) is 0 Å². The van der Waals surface area contributed by atoms with Crippen LogP contribution < -0.4 is 10.2 Å². The van der Waals surface area contributed by atoms with Gasteiger partial charge in [-0.15, -0.1) is 0 Å². The maximum absolute atomic E-state index is 12.3. The Balaban J connectivity index is 1.55. The molecule has 1 fully saturated rings. The van der Waals surface area contributed by atoms with Gasteiger partial charge in [-0.25, -0.2) is 4.79 Å². The van der Waals surface area contributed by atoms with E-state index in [2.05, 4.69) is 10.2 Å². The Bertz CT molecular complexity index is 785. The van der Waals surface area contributed by atoms with Gasteiger partial charge in [0, 0.05) is 48.1 Å². The van der Waals surface area contributed by atoms with E-state index in [0.717, 1.165) is 24.5 Å². The van der Waals surface area contributed by atoms with Crippen molar-refractivity contribution < 1.29 is 14.3 Å². The van der Waals surface area contributed by atoms with E-state index in [9.17, 15) is 9.59 Å². The highest BCUT2D eigenvalue weighted by Gasteiger charge is 2.22. The summed E-state index contributed by atoms with van der Waals surface area (Å²) in [6, 6.07) is 14.5. The number of anilines is 2. The summed E-state index contributed by atoms with van der Waals surface area (Å²) in [7, 11) is 0. The van der Waals surface area contributed by atoms with Gasteiger partial charge in [0.1, 0.15) is 0 Å². The lowest BCUT2D eigenvalue weighted by Gasteiger charge is -2.35. The fraction of sp³-hybridized carbons (Fsp3) is 0.300. The van der Waals surface area contributed by atoms with Gasteiger partial charge < -0.3 is 19.9 Å². The molecule has 0 spiro atoms. The fourth-order valence-corrected chi connectivity index (χ4v) is 3.05. The minimum atomic E-state index is -0.252. The highest BCUT2D eigenvalue weighted by Crippen LogP contribution is 2.20. The topological polar surface area (TPSA) is 61.9 Å². The van der Waals surface area contributed by atoms with Crippen LogP contribution in [-0.2, 0) is 4.74 Å². The van der Waals surface area contributed by atoms with Crippen LogP contribution in [0.15, 0.2) is 48.5 Å². The summed E-state index contributed by atoms with van der Waals surface area (Å²) < 4.78 is 5.04. The number of amides is 2. The summed E-state index contributed by atoms with van der Waals surface area (Å²) in [6.07, 6.45) is -0.252. The van der Waals surface area contributed by atoms with E-state index < -0.39 is 0 Å². The number of piperazine rings is 1. The average Bonchev–Trinajstić information content (AvgIpc) is 2.69. The Morgan fingerprint density at radius 3 is 2.22 bits per heavy atom. The van der Waals surface area contributed by atoms with Crippen molar-refractivity contribution in [2.75, 3.05) is 43.0 Å². The number of nitrogens with zero attached hydrogens (tertiary/aromatic N) is 2. The molecule has 0 aromatic heterocycles. The van der Waals surface area contributed by atoms with Crippen LogP contribution in [-0.4, -0.2) is 49.7 Å². The van der Waals surface area contributed by atoms with Gasteiger partial charge in [-0.2, -0.15) is 0 Å². The molecule has 1 heterocycles. The molecule has 2 aromatic carbocycles. The van der Waals surface area contributed by atoms with Crippen molar-refractivity contribution in [1.82, 2.24) is 4.90 Å². The number of nitrogens with one attached hydrogen (secondary N) is 1. The van der Waals surface area contributed by atoms with E-state index in [1.165, 1.54) is 0 Å². The van der Waals surface area contributed by atoms with Crippen molar-refractivity contribution in [3.8, 4) is 0 Å². The van der Waals surface area contributed by atoms with Gasteiger partial charge >= 0.3 is 6.09 Å². The number of carbonyl (C=O) groups excluding carboxylic acids is 2. The molecule has 0 aliphatic carbocycles. The Kier molecular flexibility index (Phi) is 6.19. The molecule has 0 unspecified atom stereocenters. The van der Waals surface area contributed by atoms with Crippen molar-refractivity contribution in [3.63, 3.8) is 0 Å². The third kappa shape index (κ3) is 4.92. The van der Waals surface area contributed by atoms with Crippen molar-refractivity contribution in [3.05, 3.63) is 59.1 Å². The largest absolute Gasteiger partial charge is 0.450 e. The minimum absolute atomic E-state index is 0.178. The first-order valence-electron chi connectivity index (χ1n) is 8.90. The van der Waals surface area contributed by atoms with Crippen LogP contribution >= 0.6 is 11.6 Å². The van der Waals surface area contributed by atoms with Crippen molar-refractivity contribution in [1.29, 1.82) is 0 Å². The molecule has 27 heavy (non-hydrogen) atoms. The predicted molar refractivity (Wildman–Crippen MR) is 107 cm³/mol. The number of rotatable bonds is 4. The Morgan fingerprint density at radius 2 is 1.63 bits per heavy atom. The number of hydrogen-bond acceptors (Lipinski definition) is 4. The van der Waals surface area contributed by atoms with Gasteiger partial charge in [-0.05, 0) is 55.5 Å². The molecular formula is C20H22ClN3O3. The molecule has 2 aromatic rings. The summed E-state index contributed by atoms with van der Waals surface area (Å²) in [5.74, 6) is -0.178. The number of halogens is 1. The number of hydrogen-bond donors (Lipinski definition) is 1. The SMILES string of the molecule is CCOC(=O)N1CCN(c2ccc(NC(=O)c3ccc(Cl)cc3)cc2)CC1. The van der Waals surface area contributed by atoms with Crippen molar-refractivity contribution in [2.24, 2.45) is 0 Å². The molecule has 0 saturated carbocycles. The fourth-order valence-electron chi connectivity index (χ4n) is 2.92. The third-order valence-electron chi connectivity index (χ3n) is 4.40. The molecule has 1 aliphatic heterocycles. The van der Waals surface area contributed by atoms with Crippen LogP contribution in [0.2, 0.25) is 5.02 Å². The Hall–Kier alpha value is -2.73. The van der Waals surface area contributed by atoms with Crippen molar-refractivity contribution >= 4 is 35.0 Å². The molecule has 0 radical (unpaired) electrons. The summed E-state index contributed by atoms with van der Waals surface area (Å²) in [5.41, 5.74) is 2.34. The molecule has 3 rings (SSSR count). The van der Waals surface area contributed by atoms with Gasteiger partial charge in [-0.1, -0.05) is 11.6 Å². The van der Waals surface area contributed by atoms with Gasteiger partial charge in [0.2, 0.25) is 0 Å². The van der Waals surface area contributed by atoms with E-state index in [1.54, 1.807) is 36.1 Å². The molecule has 2 amide bonds. The highest BCUT2D eigenvalue weighted by atomic mass is 35.5. The number of carbonyl (C=O) groups is 2. The first-order valence-corrected chi connectivity index (χ1v) is 9.28. The zero-order valence-corrected chi connectivity index (χ0v) is 15.9. The van der Waals surface area contributed by atoms with Crippen LogP contribution in [0.25, 0.3) is 0 Å². The van der Waals surface area contributed by atoms with Gasteiger partial charge in [0.05, 0.1) is 6.61 Å². The monoisotopic (exact) mass is 387 g/mol. The van der Waals surface area contributed by atoms with Crippen LogP contribution in [0, 0.1) is 0 Å². The zero-order valence-electron chi connectivity index (χ0n) is 15.2. The van der Waals surface area contributed by atoms with E-state index >= 15 is 0 Å². The summed E-state index contributed by atoms with van der Waals surface area (Å²) in [5, 5.41) is 3.47. The smallest absolute Gasteiger partial charge is 0.409 e. The molecule has 0 atom stereocenters. The van der Waals surface area contributed by atoms with E-state index in [1.807, 2.05) is 24.3 Å². The Morgan fingerprint density at radius 1 is 1.00 bits per heavy atom. The molecule has 7 heteroatoms. The predicted octanol–water partition coefficient (Wildman–Crippen LogP) is 3.87. The molecule has 6 nitrogen and oxygen atoms in total. The van der Waals surface area contributed by atoms with Crippen LogP contribution in [0.5, 0.6) is 0 Å². The zero-order chi connectivity index (χ0) is 19.2. The first kappa shape index (κ1) is 19.0. The lowest BCUT2D eigenvalue weighted by Crippen LogP contribution is -2.49. The minimum Gasteiger partial charge on any atom is -0.450 e. The highest BCUT2D eigenvalue weighted by molar-refractivity contribution is 6.30. The van der Waals surface area contributed by atoms with Crippen LogP contribution in [0.1, 0.15) is 17.3 Å². The third-order valence-corrected chi connectivity index (χ3v) is 4.65. The lowest BCUT2D eigenvalue weighted by atomic mass is 10.2. The second-order valence-electron chi connectivity index (χ2n) is 6.18. The van der Waals surface area contributed by atoms with Crippen LogP contribution in [0.4, 0.5) is 16.2 Å². The standard InChI is InChI=1S/C20H22ClN3O3/c1-2-27-20(26)24-13-11-23(12-14-24)18-9-7-17(8-10-18)22-19(25)15-3-5-16(21)6-4-15/h3-10H,2,11-14H2,1H3,(H,22,25). The summed E-state index contributed by atoms with van der Waals surface area (Å²) in [4.78, 5) is 27.9. The normalized spacial score (nSPS) is 14.0. The Labute approximate surface area is 163 Å². The maximum atomic E-state index is 12.3. The van der Waals surface area contributed by atoms with Gasteiger partial charge in [-0.3, -0.25) is 4.79 Å². The molecular weight excluding hydrogens is 366 g/mol. The summed E-state index contributed by atoms with van der Waals surface area (Å²) in [6.45, 7) is 4.95. The first-order chi connectivity index (χ1) is 13.1. The average molecular weight is 388 g/mol. The summed E-state index contributed by atoms with van der Waals surface area (Å²) >= 11 is 5.84. The molecule has 1 aliphatic rings. The second-order valence-corrected chi connectivity index (χ2v) is 6.62. The van der Waals surface area contributed by atoms with Crippen LogP contribution in [0.3, 0.4) is 0 Å². The maximum Gasteiger partial charge on any atom is 0.409 e. The van der Waals surface area contributed by atoms with Gasteiger partial charge in [0.25, 0.3) is 5.91 Å². The number of benzene rings is 2. The van der Waals surface area contributed by atoms with E-state index in [0.29, 0.717) is 30.3 Å². The molecule has 1 N–H and O–H groups in total. The quantitative estimate of drug-likeness (QED) is 0.865. The molecule has 1 saturated heterocycles. The lowest BCUT2D eigenvalue weighted by molar-refractivity contribution is 0.102. The number of ether oxygens (including phenoxy) is 1. The second kappa shape index (κ2) is 8.77. The van der Waals surface area contributed by atoms with Crippen molar-refractivity contribution in [2.45, 2.75) is 6.92 Å². The van der Waals surface area contributed by atoms with E-state index in [-0.39, 0.29) is 12.0 Å². The molecule has 142 valence electrons. The molecule has 0 bridgehead atoms. The van der Waals surface area contributed by atoms with E-state index in [4.69, 9.17) is 16.3 Å².